The molecule has 0 heterocycles. The zero-order valence-corrected chi connectivity index (χ0v) is 13.3. The lowest BCUT2D eigenvalue weighted by molar-refractivity contribution is -0.117. The van der Waals surface area contributed by atoms with Gasteiger partial charge in [0.25, 0.3) is 0 Å². The predicted octanol–water partition coefficient (Wildman–Crippen LogP) is 3.86. The number of para-hydroxylation sites is 1. The monoisotopic (exact) mass is 334 g/mol. The Kier molecular flexibility index (Phi) is 5.71. The first-order valence-electron chi connectivity index (χ1n) is 7.05. The summed E-state index contributed by atoms with van der Waals surface area (Å²) in [5.74, 6) is -1.05. The van der Waals surface area contributed by atoms with E-state index in [-0.39, 0.29) is 30.5 Å². The van der Waals surface area contributed by atoms with Crippen molar-refractivity contribution in [2.75, 3.05) is 16.8 Å². The molecule has 2 amide bonds. The van der Waals surface area contributed by atoms with Crippen molar-refractivity contribution in [2.45, 2.75) is 13.3 Å². The number of rotatable bonds is 5. The molecule has 0 aliphatic heterocycles. The topological polar surface area (TPSA) is 49.4 Å². The van der Waals surface area contributed by atoms with Crippen LogP contribution in [0.4, 0.5) is 15.8 Å². The van der Waals surface area contributed by atoms with Crippen molar-refractivity contribution < 1.29 is 14.0 Å². The van der Waals surface area contributed by atoms with Gasteiger partial charge in [-0.15, -0.1) is 0 Å². The molecule has 4 nitrogen and oxygen atoms in total. The van der Waals surface area contributed by atoms with Crippen LogP contribution in [0.15, 0.2) is 48.5 Å². The molecular formula is C17H16ClFN2O2. The fourth-order valence-electron chi connectivity index (χ4n) is 2.08. The van der Waals surface area contributed by atoms with Crippen LogP contribution in [0.5, 0.6) is 0 Å². The first-order valence-corrected chi connectivity index (χ1v) is 7.43. The Hall–Kier alpha value is -2.40. The van der Waals surface area contributed by atoms with Crippen LogP contribution in [0.25, 0.3) is 0 Å². The average molecular weight is 335 g/mol. The highest BCUT2D eigenvalue weighted by Crippen LogP contribution is 2.19. The number of carbonyl (C=O) groups excluding carboxylic acids is 2. The summed E-state index contributed by atoms with van der Waals surface area (Å²) < 4.78 is 13.5. The zero-order valence-electron chi connectivity index (χ0n) is 12.6. The molecule has 23 heavy (non-hydrogen) atoms. The first kappa shape index (κ1) is 17.0. The molecule has 0 aromatic heterocycles. The Morgan fingerprint density at radius 3 is 2.39 bits per heavy atom. The van der Waals surface area contributed by atoms with Crippen molar-refractivity contribution in [3.05, 3.63) is 59.4 Å². The molecule has 1 N–H and O–H groups in total. The number of halogens is 2. The number of anilines is 2. The van der Waals surface area contributed by atoms with E-state index >= 15 is 0 Å². The molecule has 2 aromatic rings. The minimum atomic E-state index is -0.498. The molecule has 0 spiro atoms. The van der Waals surface area contributed by atoms with Gasteiger partial charge in [0.1, 0.15) is 5.82 Å². The minimum absolute atomic E-state index is 0.0521. The molecular weight excluding hydrogens is 319 g/mol. The summed E-state index contributed by atoms with van der Waals surface area (Å²) in [7, 11) is 0. The molecule has 2 aromatic carbocycles. The van der Waals surface area contributed by atoms with Gasteiger partial charge in [0.2, 0.25) is 11.8 Å². The van der Waals surface area contributed by atoms with Gasteiger partial charge >= 0.3 is 0 Å². The van der Waals surface area contributed by atoms with E-state index in [0.29, 0.717) is 10.7 Å². The minimum Gasteiger partial charge on any atom is -0.324 e. The summed E-state index contributed by atoms with van der Waals surface area (Å²) in [6.07, 6.45) is 0.0521. The van der Waals surface area contributed by atoms with Gasteiger partial charge in [-0.3, -0.25) is 9.59 Å². The standard InChI is InChI=1S/C17H16ClFN2O2/c1-12(22)21(14-8-6-13(18)7-9-14)11-10-17(23)20-16-5-3-2-4-15(16)19/h2-9H,10-11H2,1H3,(H,20,23). The van der Waals surface area contributed by atoms with Crippen LogP contribution in [0.1, 0.15) is 13.3 Å². The zero-order chi connectivity index (χ0) is 16.8. The number of nitrogens with zero attached hydrogens (tertiary/aromatic N) is 1. The van der Waals surface area contributed by atoms with Gasteiger partial charge in [-0.05, 0) is 36.4 Å². The van der Waals surface area contributed by atoms with Gasteiger partial charge in [-0.25, -0.2) is 4.39 Å². The summed E-state index contributed by atoms with van der Waals surface area (Å²) in [6.45, 7) is 1.61. The third kappa shape index (κ3) is 4.79. The Labute approximate surface area is 138 Å². The Balaban J connectivity index is 1.99. The van der Waals surface area contributed by atoms with Crippen molar-refractivity contribution in [1.29, 1.82) is 0 Å². The van der Waals surface area contributed by atoms with E-state index in [0.717, 1.165) is 0 Å². The van der Waals surface area contributed by atoms with Gasteiger partial charge < -0.3 is 10.2 Å². The molecule has 0 aliphatic carbocycles. The number of hydrogen-bond donors (Lipinski definition) is 1. The van der Waals surface area contributed by atoms with Gasteiger partial charge in [0, 0.05) is 30.6 Å². The molecule has 0 bridgehead atoms. The van der Waals surface area contributed by atoms with Crippen LogP contribution in [0.3, 0.4) is 0 Å². The SMILES string of the molecule is CC(=O)N(CCC(=O)Nc1ccccc1F)c1ccc(Cl)cc1. The fraction of sp³-hybridized carbons (Fsp3) is 0.176. The smallest absolute Gasteiger partial charge is 0.226 e. The van der Waals surface area contributed by atoms with Gasteiger partial charge in [-0.2, -0.15) is 0 Å². The second-order valence-electron chi connectivity index (χ2n) is 4.93. The maximum atomic E-state index is 13.5. The van der Waals surface area contributed by atoms with E-state index in [1.165, 1.54) is 24.0 Å². The molecule has 2 rings (SSSR count). The number of carbonyl (C=O) groups is 2. The van der Waals surface area contributed by atoms with Gasteiger partial charge in [0.15, 0.2) is 0 Å². The number of benzene rings is 2. The Bertz CT molecular complexity index is 704. The molecule has 0 atom stereocenters. The number of nitrogens with one attached hydrogen (secondary N) is 1. The van der Waals surface area contributed by atoms with Crippen molar-refractivity contribution in [3.8, 4) is 0 Å². The van der Waals surface area contributed by atoms with E-state index in [1.807, 2.05) is 0 Å². The normalized spacial score (nSPS) is 10.2. The molecule has 120 valence electrons. The Morgan fingerprint density at radius 2 is 1.78 bits per heavy atom. The highest BCUT2D eigenvalue weighted by molar-refractivity contribution is 6.30. The fourth-order valence-corrected chi connectivity index (χ4v) is 2.20. The summed E-state index contributed by atoms with van der Waals surface area (Å²) in [4.78, 5) is 25.2. The van der Waals surface area contributed by atoms with Crippen LogP contribution in [0.2, 0.25) is 5.02 Å². The molecule has 0 fully saturated rings. The van der Waals surface area contributed by atoms with E-state index in [9.17, 15) is 14.0 Å². The molecule has 6 heteroatoms. The lowest BCUT2D eigenvalue weighted by Gasteiger charge is -2.21. The van der Waals surface area contributed by atoms with Crippen LogP contribution < -0.4 is 10.2 Å². The molecule has 0 unspecified atom stereocenters. The third-order valence-corrected chi connectivity index (χ3v) is 3.48. The van der Waals surface area contributed by atoms with E-state index in [2.05, 4.69) is 5.32 Å². The first-order chi connectivity index (χ1) is 11.0. The summed E-state index contributed by atoms with van der Waals surface area (Å²) >= 11 is 5.83. The number of hydrogen-bond acceptors (Lipinski definition) is 2. The summed E-state index contributed by atoms with van der Waals surface area (Å²) in [5, 5.41) is 3.06. The summed E-state index contributed by atoms with van der Waals surface area (Å²) in [6, 6.07) is 12.7. The largest absolute Gasteiger partial charge is 0.324 e. The molecule has 0 saturated carbocycles. The molecule has 0 saturated heterocycles. The van der Waals surface area contributed by atoms with E-state index in [1.54, 1.807) is 36.4 Å². The second-order valence-corrected chi connectivity index (χ2v) is 5.36. The van der Waals surface area contributed by atoms with Crippen molar-refractivity contribution >= 4 is 34.8 Å². The van der Waals surface area contributed by atoms with Crippen LogP contribution in [-0.4, -0.2) is 18.4 Å². The average Bonchev–Trinajstić information content (AvgIpc) is 2.51. The Morgan fingerprint density at radius 1 is 1.13 bits per heavy atom. The van der Waals surface area contributed by atoms with Crippen LogP contribution >= 0.6 is 11.6 Å². The van der Waals surface area contributed by atoms with Crippen LogP contribution in [-0.2, 0) is 9.59 Å². The van der Waals surface area contributed by atoms with Gasteiger partial charge in [0.05, 0.1) is 5.69 Å². The van der Waals surface area contributed by atoms with Crippen molar-refractivity contribution in [3.63, 3.8) is 0 Å². The maximum absolute atomic E-state index is 13.5. The van der Waals surface area contributed by atoms with Gasteiger partial charge in [-0.1, -0.05) is 23.7 Å². The van der Waals surface area contributed by atoms with E-state index < -0.39 is 5.82 Å². The molecule has 0 aliphatic rings. The quantitative estimate of drug-likeness (QED) is 0.902. The lowest BCUT2D eigenvalue weighted by atomic mass is 10.2. The summed E-state index contributed by atoms with van der Waals surface area (Å²) in [5.41, 5.74) is 0.777. The highest BCUT2D eigenvalue weighted by atomic mass is 35.5. The highest BCUT2D eigenvalue weighted by Gasteiger charge is 2.14. The lowest BCUT2D eigenvalue weighted by Crippen LogP contribution is -2.32. The van der Waals surface area contributed by atoms with Crippen LogP contribution in [0, 0.1) is 5.82 Å². The second kappa shape index (κ2) is 7.74. The van der Waals surface area contributed by atoms with E-state index in [4.69, 9.17) is 11.6 Å². The maximum Gasteiger partial charge on any atom is 0.226 e. The van der Waals surface area contributed by atoms with Crippen molar-refractivity contribution in [1.82, 2.24) is 0 Å². The third-order valence-electron chi connectivity index (χ3n) is 3.23. The molecule has 0 radical (unpaired) electrons. The number of amides is 2. The van der Waals surface area contributed by atoms with Crippen molar-refractivity contribution in [2.24, 2.45) is 0 Å². The predicted molar refractivity (Wildman–Crippen MR) is 89.1 cm³/mol.